The van der Waals surface area contributed by atoms with Crippen LogP contribution in [-0.4, -0.2) is 16.7 Å². The van der Waals surface area contributed by atoms with E-state index in [1.165, 1.54) is 13.2 Å². The fourth-order valence-corrected chi connectivity index (χ4v) is 2.81. The number of ether oxygens (including phenoxy) is 1. The van der Waals surface area contributed by atoms with Crippen LogP contribution in [0.5, 0.6) is 5.75 Å². The quantitative estimate of drug-likeness (QED) is 0.683. The molecule has 0 fully saturated rings. The molecule has 0 aliphatic heterocycles. The molecule has 0 bridgehead atoms. The van der Waals surface area contributed by atoms with E-state index in [-0.39, 0.29) is 5.75 Å². The fraction of sp³-hybridized carbons (Fsp3) is 0.0714. The molecule has 0 saturated carbocycles. The molecule has 6 heteroatoms. The molecule has 2 aromatic carbocycles. The number of imidazole rings is 1. The number of fused-ring (bicyclic) bond motifs is 1. The van der Waals surface area contributed by atoms with Crippen molar-refractivity contribution in [3.8, 4) is 11.4 Å². The predicted octanol–water partition coefficient (Wildman–Crippen LogP) is 4.60. The molecule has 1 heterocycles. The number of nitrogens with zero attached hydrogens (tertiary/aromatic N) is 1. The Kier molecular flexibility index (Phi) is 3.35. The number of H-pyrrole nitrogens is 1. The summed E-state index contributed by atoms with van der Waals surface area (Å²) in [7, 11) is 1.44. The van der Waals surface area contributed by atoms with Gasteiger partial charge < -0.3 is 9.72 Å². The summed E-state index contributed by atoms with van der Waals surface area (Å²) in [6.45, 7) is 0. The third-order valence-corrected chi connectivity index (χ3v) is 3.82. The van der Waals surface area contributed by atoms with E-state index in [0.717, 1.165) is 15.5 Å². The van der Waals surface area contributed by atoms with Crippen molar-refractivity contribution in [3.05, 3.63) is 51.5 Å². The highest BCUT2D eigenvalue weighted by Gasteiger charge is 2.10. The molecule has 1 N–H and O–H groups in total. The second-order valence-corrected chi connectivity index (χ2v) is 5.55. The minimum absolute atomic E-state index is 0.211. The van der Waals surface area contributed by atoms with Crippen LogP contribution < -0.4 is 4.74 Å². The Hall–Kier alpha value is -1.66. The number of methoxy groups -OCH3 is 1. The van der Waals surface area contributed by atoms with Gasteiger partial charge in [0.25, 0.3) is 0 Å². The van der Waals surface area contributed by atoms with Gasteiger partial charge in [0.05, 0.1) is 23.8 Å². The summed E-state index contributed by atoms with van der Waals surface area (Å²) in [5.74, 6) is -0.207. The lowest BCUT2D eigenvalue weighted by molar-refractivity contribution is 0.386. The Bertz CT molecular complexity index is 856. The minimum Gasteiger partial charge on any atom is -0.494 e. The van der Waals surface area contributed by atoms with Crippen LogP contribution in [0.4, 0.5) is 4.39 Å². The van der Waals surface area contributed by atoms with Crippen molar-refractivity contribution in [1.82, 2.24) is 9.55 Å². The van der Waals surface area contributed by atoms with Gasteiger partial charge in [0.1, 0.15) is 0 Å². The topological polar surface area (TPSA) is 29.9 Å². The molecule has 0 aliphatic carbocycles. The van der Waals surface area contributed by atoms with E-state index in [1.807, 2.05) is 18.2 Å². The Labute approximate surface area is 128 Å². The summed E-state index contributed by atoms with van der Waals surface area (Å²) in [4.78, 5) is 3.11. The van der Waals surface area contributed by atoms with Crippen LogP contribution in [0.1, 0.15) is 0 Å². The SMILES string of the molecule is COc1ccc(-n2c(=S)[nH]c3cc(Br)ccc32)cc1F. The first-order valence-electron chi connectivity index (χ1n) is 5.84. The molecular formula is C14H10BrFN2OS. The summed E-state index contributed by atoms with van der Waals surface area (Å²) in [5, 5.41) is 0. The first-order chi connectivity index (χ1) is 9.60. The zero-order chi connectivity index (χ0) is 14.3. The molecule has 20 heavy (non-hydrogen) atoms. The summed E-state index contributed by atoms with van der Waals surface area (Å²) in [5.41, 5.74) is 2.44. The normalized spacial score (nSPS) is 10.9. The zero-order valence-electron chi connectivity index (χ0n) is 10.5. The van der Waals surface area contributed by atoms with Crippen LogP contribution in [0.2, 0.25) is 0 Å². The second kappa shape index (κ2) is 5.03. The van der Waals surface area contributed by atoms with Gasteiger partial charge in [-0.3, -0.25) is 4.57 Å². The van der Waals surface area contributed by atoms with E-state index >= 15 is 0 Å². The molecule has 0 amide bonds. The number of hydrogen-bond acceptors (Lipinski definition) is 2. The van der Waals surface area contributed by atoms with E-state index in [2.05, 4.69) is 20.9 Å². The van der Waals surface area contributed by atoms with Gasteiger partial charge in [-0.25, -0.2) is 4.39 Å². The number of hydrogen-bond donors (Lipinski definition) is 1. The summed E-state index contributed by atoms with van der Waals surface area (Å²) < 4.78 is 22.0. The fourth-order valence-electron chi connectivity index (χ4n) is 2.13. The lowest BCUT2D eigenvalue weighted by Gasteiger charge is -2.07. The number of aromatic nitrogens is 2. The molecule has 1 aromatic heterocycles. The van der Waals surface area contributed by atoms with E-state index < -0.39 is 5.82 Å². The Morgan fingerprint density at radius 3 is 2.75 bits per heavy atom. The van der Waals surface area contributed by atoms with E-state index in [9.17, 15) is 4.39 Å². The van der Waals surface area contributed by atoms with Crippen molar-refractivity contribution in [3.63, 3.8) is 0 Å². The summed E-state index contributed by atoms with van der Waals surface area (Å²) in [6.07, 6.45) is 0. The first kappa shape index (κ1) is 13.3. The zero-order valence-corrected chi connectivity index (χ0v) is 12.9. The highest BCUT2D eigenvalue weighted by molar-refractivity contribution is 9.10. The van der Waals surface area contributed by atoms with Gasteiger partial charge in [-0.2, -0.15) is 0 Å². The molecule has 0 saturated heterocycles. The highest BCUT2D eigenvalue weighted by Crippen LogP contribution is 2.25. The van der Waals surface area contributed by atoms with Crippen molar-refractivity contribution in [1.29, 1.82) is 0 Å². The van der Waals surface area contributed by atoms with Gasteiger partial charge in [0, 0.05) is 10.5 Å². The molecule has 0 unspecified atom stereocenters. The number of aromatic amines is 1. The first-order valence-corrected chi connectivity index (χ1v) is 7.04. The molecule has 0 atom stereocenters. The standard InChI is InChI=1S/C14H10BrFN2OS/c1-19-13-5-3-9(7-10(13)16)18-12-4-2-8(15)6-11(12)17-14(18)20/h2-7H,1H3,(H,17,20). The lowest BCUT2D eigenvalue weighted by atomic mass is 10.2. The summed E-state index contributed by atoms with van der Waals surface area (Å²) in [6, 6.07) is 10.5. The van der Waals surface area contributed by atoms with Crippen LogP contribution in [0, 0.1) is 10.6 Å². The second-order valence-electron chi connectivity index (χ2n) is 4.25. The highest BCUT2D eigenvalue weighted by atomic mass is 79.9. The summed E-state index contributed by atoms with van der Waals surface area (Å²) >= 11 is 8.73. The monoisotopic (exact) mass is 352 g/mol. The third-order valence-electron chi connectivity index (χ3n) is 3.04. The third kappa shape index (κ3) is 2.14. The maximum atomic E-state index is 13.8. The molecular weight excluding hydrogens is 343 g/mol. The van der Waals surface area contributed by atoms with Crippen molar-refractivity contribution >= 4 is 39.2 Å². The molecule has 102 valence electrons. The average molecular weight is 353 g/mol. The van der Waals surface area contributed by atoms with Crippen LogP contribution >= 0.6 is 28.1 Å². The van der Waals surface area contributed by atoms with Crippen LogP contribution in [0.3, 0.4) is 0 Å². The van der Waals surface area contributed by atoms with Gasteiger partial charge in [-0.05, 0) is 42.5 Å². The Morgan fingerprint density at radius 1 is 1.25 bits per heavy atom. The van der Waals surface area contributed by atoms with Crippen molar-refractivity contribution in [2.45, 2.75) is 0 Å². The van der Waals surface area contributed by atoms with Crippen molar-refractivity contribution in [2.75, 3.05) is 7.11 Å². The number of nitrogens with one attached hydrogen (secondary N) is 1. The van der Waals surface area contributed by atoms with Crippen molar-refractivity contribution in [2.24, 2.45) is 0 Å². The lowest BCUT2D eigenvalue weighted by Crippen LogP contribution is -1.96. The molecule has 0 spiro atoms. The van der Waals surface area contributed by atoms with Gasteiger partial charge in [-0.1, -0.05) is 15.9 Å². The molecule has 3 rings (SSSR count). The predicted molar refractivity (Wildman–Crippen MR) is 82.7 cm³/mol. The molecule has 3 nitrogen and oxygen atoms in total. The van der Waals surface area contributed by atoms with E-state index in [0.29, 0.717) is 10.5 Å². The average Bonchev–Trinajstić information content (AvgIpc) is 2.73. The van der Waals surface area contributed by atoms with E-state index in [1.54, 1.807) is 16.7 Å². The maximum Gasteiger partial charge on any atom is 0.182 e. The number of benzene rings is 2. The van der Waals surface area contributed by atoms with Gasteiger partial charge in [0.15, 0.2) is 16.3 Å². The molecule has 0 aliphatic rings. The van der Waals surface area contributed by atoms with Crippen LogP contribution in [-0.2, 0) is 0 Å². The van der Waals surface area contributed by atoms with Gasteiger partial charge in [-0.15, -0.1) is 0 Å². The Balaban J connectivity index is 2.26. The van der Waals surface area contributed by atoms with Gasteiger partial charge >= 0.3 is 0 Å². The van der Waals surface area contributed by atoms with Crippen LogP contribution in [0.15, 0.2) is 40.9 Å². The van der Waals surface area contributed by atoms with E-state index in [4.69, 9.17) is 17.0 Å². The minimum atomic E-state index is -0.418. The number of rotatable bonds is 2. The molecule has 3 aromatic rings. The number of halogens is 2. The maximum absolute atomic E-state index is 13.8. The largest absolute Gasteiger partial charge is 0.494 e. The van der Waals surface area contributed by atoms with Gasteiger partial charge in [0.2, 0.25) is 0 Å². The molecule has 0 radical (unpaired) electrons. The Morgan fingerprint density at radius 2 is 2.05 bits per heavy atom. The van der Waals surface area contributed by atoms with Crippen molar-refractivity contribution < 1.29 is 9.13 Å². The smallest absolute Gasteiger partial charge is 0.182 e. The van der Waals surface area contributed by atoms with Crippen LogP contribution in [0.25, 0.3) is 16.7 Å².